The fourth-order valence-electron chi connectivity index (χ4n) is 5.88. The van der Waals surface area contributed by atoms with Crippen molar-refractivity contribution in [1.82, 2.24) is 19.2 Å². The maximum atomic E-state index is 12.7. The summed E-state index contributed by atoms with van der Waals surface area (Å²) < 4.78 is 43.8. The summed E-state index contributed by atoms with van der Waals surface area (Å²) in [5, 5.41) is 20.5. The first-order valence-corrected chi connectivity index (χ1v) is 20.7. The SMILES string of the molecule is C=CC(=O)Nc1cc(N=Nc2ncc(Cl)c(N=Nc3ccccc3P(C)(C)=O)n2)c(OC)cc1N1CCN(C2CCN(S(C)(=O)=O)CC2)CC1. The summed E-state index contributed by atoms with van der Waals surface area (Å²) >= 11 is 6.30. The minimum Gasteiger partial charge on any atom is -0.494 e. The highest BCUT2D eigenvalue weighted by Crippen LogP contribution is 2.41. The minimum atomic E-state index is -3.18. The second kappa shape index (κ2) is 15.9. The lowest BCUT2D eigenvalue weighted by molar-refractivity contribution is -0.111. The van der Waals surface area contributed by atoms with E-state index in [2.05, 4.69) is 52.1 Å². The number of piperidine rings is 1. The fourth-order valence-corrected chi connectivity index (χ4v) is 8.00. The van der Waals surface area contributed by atoms with Crippen molar-refractivity contribution < 1.29 is 22.5 Å². The zero-order chi connectivity index (χ0) is 36.1. The average molecular weight is 743 g/mol. The molecule has 5 rings (SSSR count). The molecule has 0 saturated carbocycles. The lowest BCUT2D eigenvalue weighted by atomic mass is 10.0. The van der Waals surface area contributed by atoms with Crippen LogP contribution in [0.4, 0.5) is 34.5 Å². The number of nitrogens with one attached hydrogen (secondary N) is 1. The van der Waals surface area contributed by atoms with E-state index in [4.69, 9.17) is 16.3 Å². The Kier molecular flexibility index (Phi) is 11.8. The molecule has 0 atom stereocenters. The van der Waals surface area contributed by atoms with Crippen LogP contribution in [-0.4, -0.2) is 106 Å². The number of carbonyl (C=O) groups excluding carboxylic acids is 1. The number of anilines is 2. The quantitative estimate of drug-likeness (QED) is 0.143. The molecule has 2 aliphatic rings. The van der Waals surface area contributed by atoms with E-state index < -0.39 is 23.1 Å². The number of methoxy groups -OCH3 is 1. The molecule has 0 aliphatic carbocycles. The third-order valence-electron chi connectivity index (χ3n) is 8.48. The zero-order valence-corrected chi connectivity index (χ0v) is 30.8. The predicted molar refractivity (Wildman–Crippen MR) is 196 cm³/mol. The van der Waals surface area contributed by atoms with Crippen molar-refractivity contribution in [3.05, 3.63) is 60.3 Å². The van der Waals surface area contributed by atoms with Crippen molar-refractivity contribution in [2.75, 3.05) is 76.2 Å². The molecule has 266 valence electrons. The van der Waals surface area contributed by atoms with E-state index in [1.807, 2.05) is 0 Å². The lowest BCUT2D eigenvalue weighted by Gasteiger charge is -2.43. The van der Waals surface area contributed by atoms with Crippen LogP contribution in [0.25, 0.3) is 0 Å². The van der Waals surface area contributed by atoms with E-state index in [1.54, 1.807) is 54.0 Å². The average Bonchev–Trinajstić information content (AvgIpc) is 3.10. The van der Waals surface area contributed by atoms with Crippen molar-refractivity contribution in [1.29, 1.82) is 0 Å². The van der Waals surface area contributed by atoms with Gasteiger partial charge in [0.05, 0.1) is 36.6 Å². The van der Waals surface area contributed by atoms with Gasteiger partial charge in [0, 0.05) is 56.7 Å². The van der Waals surface area contributed by atoms with Gasteiger partial charge in [-0.25, -0.2) is 17.7 Å². The van der Waals surface area contributed by atoms with Crippen LogP contribution in [-0.2, 0) is 19.4 Å². The number of carbonyl (C=O) groups is 1. The summed E-state index contributed by atoms with van der Waals surface area (Å²) in [5.41, 5.74) is 1.99. The van der Waals surface area contributed by atoms with Crippen LogP contribution in [0.2, 0.25) is 5.02 Å². The Bertz CT molecular complexity index is 1960. The largest absolute Gasteiger partial charge is 0.494 e. The number of hydrogen-bond donors (Lipinski definition) is 1. The maximum Gasteiger partial charge on any atom is 0.271 e. The summed E-state index contributed by atoms with van der Waals surface area (Å²) in [5.74, 6) is 0.0176. The molecule has 1 amide bonds. The van der Waals surface area contributed by atoms with Crippen LogP contribution in [0.15, 0.2) is 75.7 Å². The number of benzene rings is 2. The van der Waals surface area contributed by atoms with Crippen molar-refractivity contribution in [2.45, 2.75) is 18.9 Å². The van der Waals surface area contributed by atoms with Gasteiger partial charge in [0.25, 0.3) is 5.95 Å². The topological polar surface area (TPSA) is 174 Å². The lowest BCUT2D eigenvalue weighted by Crippen LogP contribution is -2.53. The molecule has 18 heteroatoms. The monoisotopic (exact) mass is 742 g/mol. The molecule has 3 heterocycles. The van der Waals surface area contributed by atoms with Gasteiger partial charge in [-0.15, -0.1) is 20.5 Å². The molecule has 0 bridgehead atoms. The van der Waals surface area contributed by atoms with Gasteiger partial charge in [-0.05, 0) is 50.4 Å². The number of piperazine rings is 1. The number of rotatable bonds is 11. The highest BCUT2D eigenvalue weighted by molar-refractivity contribution is 7.88. The van der Waals surface area contributed by atoms with E-state index in [0.717, 1.165) is 31.6 Å². The summed E-state index contributed by atoms with van der Waals surface area (Å²) in [6.07, 6.45) is 5.35. The first-order chi connectivity index (χ1) is 23.8. The van der Waals surface area contributed by atoms with Gasteiger partial charge in [-0.1, -0.05) is 30.3 Å². The third kappa shape index (κ3) is 9.17. The Labute approximate surface area is 296 Å². The number of hydrogen-bond acceptors (Lipinski definition) is 13. The van der Waals surface area contributed by atoms with Crippen molar-refractivity contribution in [3.63, 3.8) is 0 Å². The second-order valence-corrected chi connectivity index (χ2v) is 17.8. The fraction of sp³-hybridized carbons (Fsp3) is 0.406. The number of aromatic nitrogens is 2. The van der Waals surface area contributed by atoms with Crippen LogP contribution >= 0.6 is 18.7 Å². The molecule has 1 N–H and O–H groups in total. The van der Waals surface area contributed by atoms with Crippen LogP contribution in [0, 0.1) is 0 Å². The van der Waals surface area contributed by atoms with Crippen LogP contribution < -0.4 is 20.3 Å². The van der Waals surface area contributed by atoms with E-state index in [9.17, 15) is 17.8 Å². The predicted octanol–water partition coefficient (Wildman–Crippen LogP) is 5.89. The molecule has 0 spiro atoms. The minimum absolute atomic E-state index is 0.0467. The number of ether oxygens (including phenoxy) is 1. The Balaban J connectivity index is 1.35. The zero-order valence-electron chi connectivity index (χ0n) is 28.4. The van der Waals surface area contributed by atoms with Gasteiger partial charge in [-0.3, -0.25) is 9.69 Å². The molecule has 2 saturated heterocycles. The van der Waals surface area contributed by atoms with Gasteiger partial charge >= 0.3 is 0 Å². The molecular formula is C32H40ClN10O5PS. The Morgan fingerprint density at radius 2 is 1.72 bits per heavy atom. The van der Waals surface area contributed by atoms with Gasteiger partial charge in [0.1, 0.15) is 23.6 Å². The smallest absolute Gasteiger partial charge is 0.271 e. The number of azo groups is 2. The molecular weight excluding hydrogens is 703 g/mol. The van der Waals surface area contributed by atoms with Gasteiger partial charge in [-0.2, -0.15) is 4.98 Å². The Hall–Kier alpha value is -4.08. The van der Waals surface area contributed by atoms with Crippen molar-refractivity contribution in [3.8, 4) is 5.75 Å². The maximum absolute atomic E-state index is 12.7. The Morgan fingerprint density at radius 3 is 2.36 bits per heavy atom. The molecule has 2 aliphatic heterocycles. The standard InChI is InChI=1S/C32H40ClN10O5PS/c1-6-30(44)35-25-19-26(38-40-32-34-21-23(33)31(36-32)39-37-24-9-7-8-10-29(24)49(3,4)45)28(48-2)20-27(25)42-17-15-41(16-18-42)22-11-13-43(14-12-22)50(5,46)47/h6-10,19-22H,1,11-18H2,2-5H3,(H,35,44). The number of amides is 1. The van der Waals surface area contributed by atoms with E-state index >= 15 is 0 Å². The van der Waals surface area contributed by atoms with Crippen molar-refractivity contribution >= 4 is 74.5 Å². The first kappa shape index (κ1) is 37.2. The van der Waals surface area contributed by atoms with Crippen molar-refractivity contribution in [2.24, 2.45) is 20.5 Å². The van der Waals surface area contributed by atoms with Gasteiger partial charge < -0.3 is 19.5 Å². The molecule has 1 aromatic heterocycles. The van der Waals surface area contributed by atoms with Crippen LogP contribution in [0.5, 0.6) is 5.75 Å². The van der Waals surface area contributed by atoms with E-state index in [0.29, 0.717) is 60.3 Å². The third-order valence-corrected chi connectivity index (χ3v) is 11.6. The molecule has 50 heavy (non-hydrogen) atoms. The molecule has 2 fully saturated rings. The molecule has 0 unspecified atom stereocenters. The summed E-state index contributed by atoms with van der Waals surface area (Å²) in [6, 6.07) is 10.8. The highest BCUT2D eigenvalue weighted by atomic mass is 35.5. The van der Waals surface area contributed by atoms with Crippen LogP contribution in [0.3, 0.4) is 0 Å². The highest BCUT2D eigenvalue weighted by Gasteiger charge is 2.31. The Morgan fingerprint density at radius 1 is 1.04 bits per heavy atom. The van der Waals surface area contributed by atoms with Gasteiger partial charge in [0.15, 0.2) is 5.82 Å². The molecule has 2 aromatic carbocycles. The number of nitrogens with zero attached hydrogens (tertiary/aromatic N) is 9. The number of sulfonamides is 1. The molecule has 3 aromatic rings. The second-order valence-electron chi connectivity index (χ2n) is 12.2. The number of halogens is 1. The van der Waals surface area contributed by atoms with E-state index in [1.165, 1.54) is 25.6 Å². The molecule has 0 radical (unpaired) electrons. The first-order valence-electron chi connectivity index (χ1n) is 15.9. The van der Waals surface area contributed by atoms with Gasteiger partial charge in [0.2, 0.25) is 15.9 Å². The van der Waals surface area contributed by atoms with Crippen LogP contribution in [0.1, 0.15) is 12.8 Å². The normalized spacial score (nSPS) is 17.0. The molecule has 15 nitrogen and oxygen atoms in total. The summed E-state index contributed by atoms with van der Waals surface area (Å²) in [4.78, 5) is 25.5. The summed E-state index contributed by atoms with van der Waals surface area (Å²) in [7, 11) is -4.28. The van der Waals surface area contributed by atoms with E-state index in [-0.39, 0.29) is 16.8 Å². The summed E-state index contributed by atoms with van der Waals surface area (Å²) in [6.45, 7) is 10.9.